The number of piperidine rings is 1. The summed E-state index contributed by atoms with van der Waals surface area (Å²) in [6.45, 7) is 3.59. The molecular weight excluding hydrogens is 621 g/mol. The van der Waals surface area contributed by atoms with Gasteiger partial charge in [0, 0.05) is 36.6 Å². The molecule has 1 aliphatic heterocycles. The van der Waals surface area contributed by atoms with Gasteiger partial charge in [-0.2, -0.15) is 4.98 Å². The van der Waals surface area contributed by atoms with Crippen LogP contribution < -0.4 is 38.6 Å². The highest BCUT2D eigenvalue weighted by Crippen LogP contribution is 2.40. The number of hydrogen-bond donors (Lipinski definition) is 1. The van der Waals surface area contributed by atoms with Crippen LogP contribution in [-0.2, 0) is 0 Å². The Balaban J connectivity index is 1.37. The van der Waals surface area contributed by atoms with Crippen molar-refractivity contribution in [2.75, 3.05) is 64.9 Å². The zero-order valence-electron chi connectivity index (χ0n) is 27.5. The highest BCUT2D eigenvalue weighted by molar-refractivity contribution is 5.98. The minimum atomic E-state index is -0.848. The van der Waals surface area contributed by atoms with E-state index in [0.717, 1.165) is 26.1 Å². The van der Waals surface area contributed by atoms with Crippen LogP contribution in [0.25, 0.3) is 0 Å². The van der Waals surface area contributed by atoms with Crippen molar-refractivity contribution in [1.82, 2.24) is 14.9 Å². The molecular formula is C35H40FN5O7. The van der Waals surface area contributed by atoms with Gasteiger partial charge in [0.05, 0.1) is 40.7 Å². The molecule has 0 saturated carbocycles. The van der Waals surface area contributed by atoms with Crippen LogP contribution >= 0.6 is 0 Å². The molecule has 13 heteroatoms. The van der Waals surface area contributed by atoms with E-state index >= 15 is 4.39 Å². The molecule has 0 radical (unpaired) electrons. The number of rotatable bonds is 14. The summed E-state index contributed by atoms with van der Waals surface area (Å²) in [5.74, 6) is 1.33. The Hall–Kier alpha value is -5.30. The summed E-state index contributed by atoms with van der Waals surface area (Å²) in [5.41, 5.74) is 0.690. The zero-order valence-corrected chi connectivity index (χ0v) is 27.5. The van der Waals surface area contributed by atoms with Gasteiger partial charge >= 0.3 is 6.09 Å². The molecule has 0 spiro atoms. The van der Waals surface area contributed by atoms with Crippen molar-refractivity contribution < 1.29 is 37.6 Å². The van der Waals surface area contributed by atoms with Gasteiger partial charge in [-0.05, 0) is 68.8 Å². The van der Waals surface area contributed by atoms with Crippen LogP contribution in [0.2, 0.25) is 0 Å². The number of likely N-dealkylation sites (tertiary alicyclic amines) is 1. The van der Waals surface area contributed by atoms with E-state index in [9.17, 15) is 4.79 Å². The molecule has 1 aromatic heterocycles. The third kappa shape index (κ3) is 8.34. The Morgan fingerprint density at radius 1 is 0.875 bits per heavy atom. The van der Waals surface area contributed by atoms with Crippen molar-refractivity contribution in [1.29, 1.82) is 0 Å². The van der Waals surface area contributed by atoms with E-state index in [4.69, 9.17) is 28.4 Å². The van der Waals surface area contributed by atoms with Crippen molar-refractivity contribution in [3.8, 4) is 34.5 Å². The van der Waals surface area contributed by atoms with Gasteiger partial charge in [-0.15, -0.1) is 0 Å². The van der Waals surface area contributed by atoms with Gasteiger partial charge in [-0.3, -0.25) is 0 Å². The average Bonchev–Trinajstić information content (AvgIpc) is 3.11. The van der Waals surface area contributed by atoms with Gasteiger partial charge < -0.3 is 38.6 Å². The summed E-state index contributed by atoms with van der Waals surface area (Å²) >= 11 is 0. The molecule has 254 valence electrons. The lowest BCUT2D eigenvalue weighted by molar-refractivity contribution is 0.203. The number of methoxy groups -OCH3 is 4. The second-order valence-corrected chi connectivity index (χ2v) is 10.8. The van der Waals surface area contributed by atoms with Crippen LogP contribution in [-0.4, -0.2) is 75.6 Å². The third-order valence-corrected chi connectivity index (χ3v) is 7.77. The fraction of sp³-hybridized carbons (Fsp3) is 0.343. The molecule has 3 aromatic carbocycles. The number of halogens is 1. The van der Waals surface area contributed by atoms with Crippen molar-refractivity contribution in [3.05, 3.63) is 72.7 Å². The lowest BCUT2D eigenvalue weighted by Crippen LogP contribution is -2.31. The molecule has 0 atom stereocenters. The molecule has 5 rings (SSSR count). The number of amides is 1. The number of carbonyl (C=O) groups is 1. The predicted molar refractivity (Wildman–Crippen MR) is 179 cm³/mol. The fourth-order valence-corrected chi connectivity index (χ4v) is 5.35. The van der Waals surface area contributed by atoms with Gasteiger partial charge in [-0.1, -0.05) is 12.5 Å². The number of anilines is 4. The summed E-state index contributed by atoms with van der Waals surface area (Å²) < 4.78 is 48.4. The predicted octanol–water partition coefficient (Wildman–Crippen LogP) is 6.99. The number of ether oxygens (including phenoxy) is 6. The first-order valence-electron chi connectivity index (χ1n) is 15.6. The van der Waals surface area contributed by atoms with E-state index in [2.05, 4.69) is 20.2 Å². The standard InChI is InChI=1S/C35H40FN5O7/c1-43-25-13-14-27(31(23-25)46-4)41(35(42)48-33-29(44-2)10-8-11-30(33)45-3)32-16-17-37-34(39-32)38-24-12-15-28(26(36)22-24)47-21-9-20-40-18-6-5-7-19-40/h8,10-17,22-23H,5-7,9,18-21H2,1-4H3,(H,37,38,39). The Morgan fingerprint density at radius 2 is 1.62 bits per heavy atom. The first-order valence-corrected chi connectivity index (χ1v) is 15.6. The number of aromatic nitrogens is 2. The molecule has 4 aromatic rings. The van der Waals surface area contributed by atoms with Crippen molar-refractivity contribution in [2.24, 2.45) is 0 Å². The number of para-hydroxylation sites is 1. The summed E-state index contributed by atoms with van der Waals surface area (Å²) in [7, 11) is 5.90. The second kappa shape index (κ2) is 16.5. The SMILES string of the molecule is COc1ccc(N(C(=O)Oc2c(OC)cccc2OC)c2ccnc(Nc3ccc(OCCCN4CCCCC4)c(F)c3)n2)c(OC)c1. The van der Waals surface area contributed by atoms with E-state index in [-0.39, 0.29) is 34.8 Å². The van der Waals surface area contributed by atoms with E-state index in [1.807, 2.05) is 0 Å². The van der Waals surface area contributed by atoms with Crippen LogP contribution in [0.1, 0.15) is 25.7 Å². The van der Waals surface area contributed by atoms with Gasteiger partial charge in [0.15, 0.2) is 23.1 Å². The largest absolute Gasteiger partial charge is 0.497 e. The molecule has 1 N–H and O–H groups in total. The highest BCUT2D eigenvalue weighted by atomic mass is 19.1. The van der Waals surface area contributed by atoms with Crippen LogP contribution in [0.15, 0.2) is 66.9 Å². The third-order valence-electron chi connectivity index (χ3n) is 7.77. The number of benzene rings is 3. The van der Waals surface area contributed by atoms with Gasteiger partial charge in [0.25, 0.3) is 0 Å². The Bertz CT molecular complexity index is 1660. The zero-order chi connectivity index (χ0) is 33.9. The topological polar surface area (TPSA) is 117 Å². The summed E-state index contributed by atoms with van der Waals surface area (Å²) in [6.07, 6.45) is 5.18. The smallest absolute Gasteiger partial charge is 0.426 e. The molecule has 12 nitrogen and oxygen atoms in total. The minimum Gasteiger partial charge on any atom is -0.497 e. The summed E-state index contributed by atoms with van der Waals surface area (Å²) in [4.78, 5) is 26.5. The van der Waals surface area contributed by atoms with Gasteiger partial charge in [0.2, 0.25) is 11.7 Å². The first kappa shape index (κ1) is 34.0. The van der Waals surface area contributed by atoms with Gasteiger partial charge in [0.1, 0.15) is 17.3 Å². The number of nitrogens with zero attached hydrogens (tertiary/aromatic N) is 4. The van der Waals surface area contributed by atoms with Crippen LogP contribution in [0, 0.1) is 5.82 Å². The second-order valence-electron chi connectivity index (χ2n) is 10.8. The van der Waals surface area contributed by atoms with Crippen LogP contribution in [0.5, 0.6) is 34.5 Å². The number of nitrogens with one attached hydrogen (secondary N) is 1. The first-order chi connectivity index (χ1) is 23.4. The maximum atomic E-state index is 15.0. The van der Waals surface area contributed by atoms with Crippen molar-refractivity contribution in [2.45, 2.75) is 25.7 Å². The maximum absolute atomic E-state index is 15.0. The van der Waals surface area contributed by atoms with Gasteiger partial charge in [-0.25, -0.2) is 19.1 Å². The quantitative estimate of drug-likeness (QED) is 0.141. The molecule has 1 aliphatic rings. The van der Waals surface area contributed by atoms with E-state index in [1.54, 1.807) is 48.5 Å². The lowest BCUT2D eigenvalue weighted by atomic mass is 10.1. The molecule has 1 fully saturated rings. The van der Waals surface area contributed by atoms with Crippen LogP contribution in [0.3, 0.4) is 0 Å². The van der Waals surface area contributed by atoms with E-state index in [0.29, 0.717) is 29.5 Å². The molecule has 0 unspecified atom stereocenters. The molecule has 0 bridgehead atoms. The number of hydrogen-bond acceptors (Lipinski definition) is 11. The molecule has 0 aliphatic carbocycles. The molecule has 48 heavy (non-hydrogen) atoms. The molecule has 1 amide bonds. The number of carbonyl (C=O) groups excluding carboxylic acids is 1. The normalized spacial score (nSPS) is 12.9. The molecule has 1 saturated heterocycles. The van der Waals surface area contributed by atoms with E-state index in [1.165, 1.54) is 70.9 Å². The summed E-state index contributed by atoms with van der Waals surface area (Å²) in [6, 6.07) is 16.0. The monoisotopic (exact) mass is 661 g/mol. The Kier molecular flexibility index (Phi) is 11.7. The summed E-state index contributed by atoms with van der Waals surface area (Å²) in [5, 5.41) is 3.01. The van der Waals surface area contributed by atoms with Crippen LogP contribution in [0.4, 0.5) is 32.3 Å². The average molecular weight is 662 g/mol. The lowest BCUT2D eigenvalue weighted by Gasteiger charge is -2.26. The Labute approximate surface area is 279 Å². The fourth-order valence-electron chi connectivity index (χ4n) is 5.35. The van der Waals surface area contributed by atoms with E-state index < -0.39 is 11.9 Å². The highest BCUT2D eigenvalue weighted by Gasteiger charge is 2.28. The minimum absolute atomic E-state index is 0.0710. The van der Waals surface area contributed by atoms with Crippen molar-refractivity contribution >= 4 is 29.2 Å². The Morgan fingerprint density at radius 3 is 2.31 bits per heavy atom. The maximum Gasteiger partial charge on any atom is 0.426 e. The molecule has 2 heterocycles. The van der Waals surface area contributed by atoms with Crippen molar-refractivity contribution in [3.63, 3.8) is 0 Å².